The Morgan fingerprint density at radius 2 is 1.81 bits per heavy atom. The molecule has 0 radical (unpaired) electrons. The Morgan fingerprint density at radius 1 is 1.12 bits per heavy atom. The normalized spacial score (nSPS) is 10.7. The summed E-state index contributed by atoms with van der Waals surface area (Å²) in [6.45, 7) is 8.74. The van der Waals surface area contributed by atoms with Crippen LogP contribution in [0.25, 0.3) is 0 Å². The van der Waals surface area contributed by atoms with Crippen LogP contribution in [0.3, 0.4) is 0 Å². The maximum absolute atomic E-state index is 3.35. The molecule has 0 fully saturated rings. The molecule has 1 rings (SSSR count). The standard InChI is InChI=1S/C14H23NS/c1-4-15-6-5-7-16-11-14-9-12(2)8-13(3)10-14/h8-10,15H,4-7,11H2,1-3H3. The van der Waals surface area contributed by atoms with Crippen molar-refractivity contribution in [3.63, 3.8) is 0 Å². The molecule has 0 aliphatic heterocycles. The topological polar surface area (TPSA) is 12.0 Å². The Bertz CT molecular complexity index is 289. The van der Waals surface area contributed by atoms with E-state index in [9.17, 15) is 0 Å². The molecule has 0 aromatic heterocycles. The number of hydrogen-bond donors (Lipinski definition) is 1. The van der Waals surface area contributed by atoms with Crippen molar-refractivity contribution in [3.8, 4) is 0 Å². The van der Waals surface area contributed by atoms with E-state index in [1.807, 2.05) is 11.8 Å². The fourth-order valence-corrected chi connectivity index (χ4v) is 2.71. The van der Waals surface area contributed by atoms with Gasteiger partial charge < -0.3 is 5.32 Å². The lowest BCUT2D eigenvalue weighted by molar-refractivity contribution is 0.707. The number of thioether (sulfide) groups is 1. The van der Waals surface area contributed by atoms with Crippen LogP contribution in [-0.2, 0) is 5.75 Å². The molecule has 0 heterocycles. The second-order valence-electron chi connectivity index (χ2n) is 4.26. The number of nitrogens with one attached hydrogen (secondary N) is 1. The highest BCUT2D eigenvalue weighted by Gasteiger charge is 1.96. The largest absolute Gasteiger partial charge is 0.317 e. The smallest absolute Gasteiger partial charge is 0.0184 e. The maximum Gasteiger partial charge on any atom is 0.0184 e. The second-order valence-corrected chi connectivity index (χ2v) is 5.36. The zero-order chi connectivity index (χ0) is 11.8. The van der Waals surface area contributed by atoms with Crippen molar-refractivity contribution in [2.75, 3.05) is 18.8 Å². The van der Waals surface area contributed by atoms with Gasteiger partial charge in [-0.3, -0.25) is 0 Å². The second kappa shape index (κ2) is 7.75. The molecule has 2 heteroatoms. The minimum absolute atomic E-state index is 1.09. The first kappa shape index (κ1) is 13.6. The summed E-state index contributed by atoms with van der Waals surface area (Å²) in [5, 5.41) is 3.35. The summed E-state index contributed by atoms with van der Waals surface area (Å²) >= 11 is 2.03. The first-order valence-electron chi connectivity index (χ1n) is 6.08. The number of benzene rings is 1. The molecule has 0 aliphatic rings. The third-order valence-electron chi connectivity index (χ3n) is 2.44. The van der Waals surface area contributed by atoms with Crippen LogP contribution in [0.1, 0.15) is 30.0 Å². The zero-order valence-electron chi connectivity index (χ0n) is 10.7. The molecular weight excluding hydrogens is 214 g/mol. The molecule has 0 amide bonds. The van der Waals surface area contributed by atoms with Gasteiger partial charge in [0.15, 0.2) is 0 Å². The summed E-state index contributed by atoms with van der Waals surface area (Å²) in [4.78, 5) is 0. The van der Waals surface area contributed by atoms with E-state index in [0.29, 0.717) is 0 Å². The zero-order valence-corrected chi connectivity index (χ0v) is 11.5. The maximum atomic E-state index is 3.35. The fourth-order valence-electron chi connectivity index (χ4n) is 1.82. The molecule has 1 aromatic rings. The molecule has 1 aromatic carbocycles. The van der Waals surface area contributed by atoms with Gasteiger partial charge in [0.2, 0.25) is 0 Å². The van der Waals surface area contributed by atoms with E-state index in [2.05, 4.69) is 44.3 Å². The minimum Gasteiger partial charge on any atom is -0.317 e. The van der Waals surface area contributed by atoms with Gasteiger partial charge in [-0.1, -0.05) is 36.2 Å². The molecule has 0 saturated carbocycles. The molecule has 16 heavy (non-hydrogen) atoms. The Labute approximate surface area is 104 Å². The van der Waals surface area contributed by atoms with E-state index in [4.69, 9.17) is 0 Å². The monoisotopic (exact) mass is 237 g/mol. The van der Waals surface area contributed by atoms with E-state index in [1.165, 1.54) is 28.9 Å². The van der Waals surface area contributed by atoms with Crippen LogP contribution in [0.4, 0.5) is 0 Å². The molecule has 90 valence electrons. The summed E-state index contributed by atoms with van der Waals surface area (Å²) in [5.74, 6) is 2.40. The van der Waals surface area contributed by atoms with Crippen molar-refractivity contribution < 1.29 is 0 Å². The van der Waals surface area contributed by atoms with Crippen molar-refractivity contribution >= 4 is 11.8 Å². The minimum atomic E-state index is 1.09. The average molecular weight is 237 g/mol. The van der Waals surface area contributed by atoms with Crippen molar-refractivity contribution in [2.24, 2.45) is 0 Å². The van der Waals surface area contributed by atoms with Gasteiger partial charge >= 0.3 is 0 Å². The Balaban J connectivity index is 2.21. The number of rotatable bonds is 7. The van der Waals surface area contributed by atoms with Gasteiger partial charge in [0.05, 0.1) is 0 Å². The molecule has 1 N–H and O–H groups in total. The highest BCUT2D eigenvalue weighted by Crippen LogP contribution is 2.16. The van der Waals surface area contributed by atoms with Crippen molar-refractivity contribution in [3.05, 3.63) is 34.9 Å². The van der Waals surface area contributed by atoms with E-state index >= 15 is 0 Å². The highest BCUT2D eigenvalue weighted by atomic mass is 32.2. The van der Waals surface area contributed by atoms with Crippen molar-refractivity contribution in [1.29, 1.82) is 0 Å². The van der Waals surface area contributed by atoms with Gasteiger partial charge in [0.1, 0.15) is 0 Å². The van der Waals surface area contributed by atoms with Crippen LogP contribution < -0.4 is 5.32 Å². The SMILES string of the molecule is CCNCCCSCc1cc(C)cc(C)c1. The van der Waals surface area contributed by atoms with Crippen LogP contribution >= 0.6 is 11.8 Å². The molecule has 0 spiro atoms. The van der Waals surface area contributed by atoms with Crippen molar-refractivity contribution in [1.82, 2.24) is 5.32 Å². The van der Waals surface area contributed by atoms with Gasteiger partial charge in [0.25, 0.3) is 0 Å². The van der Waals surface area contributed by atoms with Gasteiger partial charge in [-0.05, 0) is 44.7 Å². The summed E-state index contributed by atoms with van der Waals surface area (Å²) in [7, 11) is 0. The first-order valence-corrected chi connectivity index (χ1v) is 7.23. The Hall–Kier alpha value is -0.470. The number of hydrogen-bond acceptors (Lipinski definition) is 2. The van der Waals surface area contributed by atoms with E-state index in [1.54, 1.807) is 0 Å². The predicted molar refractivity (Wildman–Crippen MR) is 75.2 cm³/mol. The molecule has 0 bridgehead atoms. The van der Waals surface area contributed by atoms with E-state index in [0.717, 1.165) is 18.8 Å². The fraction of sp³-hybridized carbons (Fsp3) is 0.571. The van der Waals surface area contributed by atoms with Crippen molar-refractivity contribution in [2.45, 2.75) is 32.9 Å². The Kier molecular flexibility index (Phi) is 6.58. The highest BCUT2D eigenvalue weighted by molar-refractivity contribution is 7.98. The van der Waals surface area contributed by atoms with Crippen LogP contribution in [-0.4, -0.2) is 18.8 Å². The molecular formula is C14H23NS. The van der Waals surface area contributed by atoms with E-state index < -0.39 is 0 Å². The summed E-state index contributed by atoms with van der Waals surface area (Å²) in [5.41, 5.74) is 4.22. The molecule has 0 atom stereocenters. The quantitative estimate of drug-likeness (QED) is 0.728. The molecule has 0 aliphatic carbocycles. The Morgan fingerprint density at radius 3 is 2.44 bits per heavy atom. The van der Waals surface area contributed by atoms with E-state index in [-0.39, 0.29) is 0 Å². The third kappa shape index (κ3) is 5.57. The third-order valence-corrected chi connectivity index (χ3v) is 3.56. The summed E-state index contributed by atoms with van der Waals surface area (Å²) in [6, 6.07) is 6.83. The summed E-state index contributed by atoms with van der Waals surface area (Å²) < 4.78 is 0. The van der Waals surface area contributed by atoms with Crippen LogP contribution in [0.5, 0.6) is 0 Å². The van der Waals surface area contributed by atoms with Gasteiger partial charge in [-0.15, -0.1) is 0 Å². The lowest BCUT2D eigenvalue weighted by atomic mass is 10.1. The lowest BCUT2D eigenvalue weighted by Crippen LogP contribution is -2.14. The first-order chi connectivity index (χ1) is 7.72. The lowest BCUT2D eigenvalue weighted by Gasteiger charge is -2.05. The molecule has 0 unspecified atom stereocenters. The van der Waals surface area contributed by atoms with Gasteiger partial charge in [-0.2, -0.15) is 11.8 Å². The average Bonchev–Trinajstić information content (AvgIpc) is 2.22. The van der Waals surface area contributed by atoms with Crippen LogP contribution in [0.15, 0.2) is 18.2 Å². The van der Waals surface area contributed by atoms with Gasteiger partial charge in [0, 0.05) is 5.75 Å². The van der Waals surface area contributed by atoms with Crippen LogP contribution in [0.2, 0.25) is 0 Å². The summed E-state index contributed by atoms with van der Waals surface area (Å²) in [6.07, 6.45) is 1.27. The number of aryl methyl sites for hydroxylation is 2. The molecule has 1 nitrogen and oxygen atoms in total. The van der Waals surface area contributed by atoms with Gasteiger partial charge in [-0.25, -0.2) is 0 Å². The molecule has 0 saturated heterocycles. The van der Waals surface area contributed by atoms with Crippen LogP contribution in [0, 0.1) is 13.8 Å². The predicted octanol–water partition coefficient (Wildman–Crippen LogP) is 3.54.